The van der Waals surface area contributed by atoms with Crippen molar-refractivity contribution in [3.8, 4) is 0 Å². The van der Waals surface area contributed by atoms with Gasteiger partial charge in [-0.3, -0.25) is 0 Å². The van der Waals surface area contributed by atoms with Crippen molar-refractivity contribution in [1.29, 1.82) is 0 Å². The van der Waals surface area contributed by atoms with Crippen LogP contribution in [0.2, 0.25) is 0 Å². The summed E-state index contributed by atoms with van der Waals surface area (Å²) in [6.45, 7) is 2.99. The number of hydrogen-bond donors (Lipinski definition) is 0. The second-order valence-electron chi connectivity index (χ2n) is 3.56. The Kier molecular flexibility index (Phi) is 4.63. The third-order valence-electron chi connectivity index (χ3n) is 2.41. The Morgan fingerprint density at radius 2 is 1.93 bits per heavy atom. The number of sulfonamides is 1. The van der Waals surface area contributed by atoms with Crippen molar-refractivity contribution in [2.45, 2.75) is 6.42 Å². The number of nitrogens with zero attached hydrogens (tertiary/aromatic N) is 2. The Balaban J connectivity index is 2.59. The maximum atomic E-state index is 11.7. The summed E-state index contributed by atoms with van der Waals surface area (Å²) in [4.78, 5) is 2.15. The number of alkyl halides is 1. The lowest BCUT2D eigenvalue weighted by Gasteiger charge is -2.19. The van der Waals surface area contributed by atoms with Gasteiger partial charge in [0.05, 0.1) is 5.75 Å². The molecule has 0 aromatic carbocycles. The maximum Gasteiger partial charge on any atom is 0.215 e. The van der Waals surface area contributed by atoms with Gasteiger partial charge in [-0.1, -0.05) is 0 Å². The van der Waals surface area contributed by atoms with Gasteiger partial charge in [0.25, 0.3) is 0 Å². The molecule has 84 valence electrons. The predicted molar refractivity (Wildman–Crippen MR) is 58.2 cm³/mol. The minimum atomic E-state index is -3.11. The van der Waals surface area contributed by atoms with Gasteiger partial charge in [-0.15, -0.1) is 11.6 Å². The zero-order valence-corrected chi connectivity index (χ0v) is 10.0. The van der Waals surface area contributed by atoms with Gasteiger partial charge in [-0.25, -0.2) is 12.7 Å². The van der Waals surface area contributed by atoms with Gasteiger partial charge in [0, 0.05) is 25.5 Å². The maximum absolute atomic E-state index is 11.7. The van der Waals surface area contributed by atoms with Crippen LogP contribution in [0.4, 0.5) is 0 Å². The van der Waals surface area contributed by atoms with E-state index in [0.717, 1.165) is 19.5 Å². The molecular weight excluding hydrogens is 224 g/mol. The molecule has 0 N–H and O–H groups in total. The van der Waals surface area contributed by atoms with Crippen molar-refractivity contribution in [3.05, 3.63) is 0 Å². The molecule has 4 nitrogen and oxygen atoms in total. The van der Waals surface area contributed by atoms with Crippen molar-refractivity contribution in [1.82, 2.24) is 9.21 Å². The summed E-state index contributed by atoms with van der Waals surface area (Å²) in [7, 11) is -1.09. The molecule has 14 heavy (non-hydrogen) atoms. The van der Waals surface area contributed by atoms with Gasteiger partial charge in [0.2, 0.25) is 10.0 Å². The van der Waals surface area contributed by atoms with Gasteiger partial charge in [-0.05, 0) is 20.0 Å². The molecule has 0 bridgehead atoms. The largest absolute Gasteiger partial charge is 0.305 e. The lowest BCUT2D eigenvalue weighted by atomic mass is 10.4. The highest BCUT2D eigenvalue weighted by Crippen LogP contribution is 2.07. The van der Waals surface area contributed by atoms with Crippen LogP contribution in [-0.4, -0.2) is 62.5 Å². The SMILES string of the molecule is CN1CCCN(S(=O)(=O)CCCl)CC1. The van der Waals surface area contributed by atoms with Crippen LogP contribution in [0.5, 0.6) is 0 Å². The second-order valence-corrected chi connectivity index (χ2v) is 6.03. The van der Waals surface area contributed by atoms with Crippen LogP contribution in [0.3, 0.4) is 0 Å². The lowest BCUT2D eigenvalue weighted by molar-refractivity contribution is 0.347. The normalized spacial score (nSPS) is 22.1. The van der Waals surface area contributed by atoms with Crippen molar-refractivity contribution < 1.29 is 8.42 Å². The molecule has 0 spiro atoms. The van der Waals surface area contributed by atoms with Crippen LogP contribution >= 0.6 is 11.6 Å². The highest BCUT2D eigenvalue weighted by molar-refractivity contribution is 7.89. The predicted octanol–water partition coefficient (Wildman–Crippen LogP) is 0.192. The summed E-state index contributed by atoms with van der Waals surface area (Å²) >= 11 is 5.46. The van der Waals surface area contributed by atoms with Gasteiger partial charge >= 0.3 is 0 Å². The monoisotopic (exact) mass is 240 g/mol. The van der Waals surface area contributed by atoms with Crippen molar-refractivity contribution in [2.24, 2.45) is 0 Å². The van der Waals surface area contributed by atoms with Crippen LogP contribution in [-0.2, 0) is 10.0 Å². The van der Waals surface area contributed by atoms with Crippen molar-refractivity contribution >= 4 is 21.6 Å². The Morgan fingerprint density at radius 3 is 2.57 bits per heavy atom. The van der Waals surface area contributed by atoms with Crippen LogP contribution in [0, 0.1) is 0 Å². The van der Waals surface area contributed by atoms with E-state index in [1.165, 1.54) is 0 Å². The number of halogens is 1. The number of rotatable bonds is 3. The molecule has 1 aliphatic heterocycles. The average Bonchev–Trinajstić information content (AvgIpc) is 2.30. The summed E-state index contributed by atoms with van der Waals surface area (Å²) < 4.78 is 24.9. The zero-order chi connectivity index (χ0) is 10.6. The Morgan fingerprint density at radius 1 is 1.21 bits per heavy atom. The Labute approximate surface area is 90.9 Å². The molecule has 0 amide bonds. The molecule has 0 aromatic rings. The molecule has 0 unspecified atom stereocenters. The van der Waals surface area contributed by atoms with E-state index in [1.807, 2.05) is 7.05 Å². The molecule has 1 fully saturated rings. The van der Waals surface area contributed by atoms with Gasteiger partial charge < -0.3 is 4.90 Å². The van der Waals surface area contributed by atoms with E-state index in [0.29, 0.717) is 13.1 Å². The molecule has 1 aliphatic rings. The number of likely N-dealkylation sites (N-methyl/N-ethyl adjacent to an activating group) is 1. The van der Waals surface area contributed by atoms with Crippen LogP contribution in [0.1, 0.15) is 6.42 Å². The fourth-order valence-electron chi connectivity index (χ4n) is 1.53. The summed E-state index contributed by atoms with van der Waals surface area (Å²) in [5.74, 6) is 0.229. The highest BCUT2D eigenvalue weighted by atomic mass is 35.5. The van der Waals surface area contributed by atoms with E-state index < -0.39 is 10.0 Å². The first-order chi connectivity index (χ1) is 6.56. The Hall–Kier alpha value is 0.160. The summed E-state index contributed by atoms with van der Waals surface area (Å²) in [5.41, 5.74) is 0. The summed E-state index contributed by atoms with van der Waals surface area (Å²) in [6.07, 6.45) is 0.901. The topological polar surface area (TPSA) is 40.6 Å². The third-order valence-corrected chi connectivity index (χ3v) is 4.69. The Bertz CT molecular complexity index is 269. The fraction of sp³-hybridized carbons (Fsp3) is 1.00. The average molecular weight is 241 g/mol. The zero-order valence-electron chi connectivity index (χ0n) is 8.45. The van der Waals surface area contributed by atoms with Crippen LogP contribution < -0.4 is 0 Å². The molecule has 0 radical (unpaired) electrons. The lowest BCUT2D eigenvalue weighted by Crippen LogP contribution is -2.36. The van der Waals surface area contributed by atoms with E-state index in [1.54, 1.807) is 4.31 Å². The summed E-state index contributed by atoms with van der Waals surface area (Å²) in [5, 5.41) is 0. The molecule has 6 heteroatoms. The van der Waals surface area contributed by atoms with Gasteiger partial charge in [-0.2, -0.15) is 0 Å². The van der Waals surface area contributed by atoms with Crippen LogP contribution in [0.25, 0.3) is 0 Å². The van der Waals surface area contributed by atoms with Crippen molar-refractivity contribution in [3.63, 3.8) is 0 Å². The summed E-state index contributed by atoms with van der Waals surface area (Å²) in [6, 6.07) is 0. The molecule has 1 heterocycles. The quantitative estimate of drug-likeness (QED) is 0.662. The van der Waals surface area contributed by atoms with Crippen molar-refractivity contribution in [2.75, 3.05) is 44.9 Å². The number of hydrogen-bond acceptors (Lipinski definition) is 3. The van der Waals surface area contributed by atoms with E-state index in [2.05, 4.69) is 4.90 Å². The highest BCUT2D eigenvalue weighted by Gasteiger charge is 2.23. The molecule has 0 atom stereocenters. The van der Waals surface area contributed by atoms with E-state index in [4.69, 9.17) is 11.6 Å². The first kappa shape index (κ1) is 12.2. The standard InChI is InChI=1S/C8H17ClN2O2S/c1-10-4-2-5-11(7-6-10)14(12,13)8-3-9/h2-8H2,1H3. The van der Waals surface area contributed by atoms with E-state index in [9.17, 15) is 8.42 Å². The molecule has 1 saturated heterocycles. The smallest absolute Gasteiger partial charge is 0.215 e. The molecule has 0 aliphatic carbocycles. The van der Waals surface area contributed by atoms with Gasteiger partial charge in [0.1, 0.15) is 0 Å². The first-order valence-electron chi connectivity index (χ1n) is 4.78. The second kappa shape index (κ2) is 5.30. The third kappa shape index (κ3) is 3.38. The molecule has 1 rings (SSSR count). The molecule has 0 saturated carbocycles. The minimum Gasteiger partial charge on any atom is -0.305 e. The molecular formula is C8H17ClN2O2S. The van der Waals surface area contributed by atoms with Gasteiger partial charge in [0.15, 0.2) is 0 Å². The first-order valence-corrected chi connectivity index (χ1v) is 6.93. The minimum absolute atomic E-state index is 0.0538. The fourth-order valence-corrected chi connectivity index (χ4v) is 3.33. The molecule has 0 aromatic heterocycles. The van der Waals surface area contributed by atoms with E-state index in [-0.39, 0.29) is 11.6 Å². The van der Waals surface area contributed by atoms with E-state index >= 15 is 0 Å². The van der Waals surface area contributed by atoms with Crippen LogP contribution in [0.15, 0.2) is 0 Å².